The summed E-state index contributed by atoms with van der Waals surface area (Å²) in [5.74, 6) is 0.561. The molecule has 9 aromatic rings. The van der Waals surface area contributed by atoms with E-state index in [9.17, 15) is 0 Å². The van der Waals surface area contributed by atoms with Gasteiger partial charge in [-0.1, -0.05) is 239 Å². The molecule has 358 valence electrons. The van der Waals surface area contributed by atoms with Crippen LogP contribution >= 0.6 is 0 Å². The van der Waals surface area contributed by atoms with E-state index in [1.54, 1.807) is 0 Å². The van der Waals surface area contributed by atoms with Crippen molar-refractivity contribution in [1.29, 1.82) is 0 Å². The molecular formula is C71H69N. The van der Waals surface area contributed by atoms with Crippen LogP contribution in [0.25, 0.3) is 55.3 Å². The molecule has 0 bridgehead atoms. The molecule has 72 heavy (non-hydrogen) atoms. The molecule has 3 aliphatic carbocycles. The van der Waals surface area contributed by atoms with E-state index in [0.717, 1.165) is 11.4 Å². The zero-order valence-electron chi connectivity index (χ0n) is 44.0. The lowest BCUT2D eigenvalue weighted by molar-refractivity contribution is 0.445. The topological polar surface area (TPSA) is 3.24 Å². The van der Waals surface area contributed by atoms with Crippen LogP contribution in [0, 0.1) is 0 Å². The number of hydrogen-bond donors (Lipinski definition) is 0. The maximum absolute atomic E-state index is 2.62. The molecule has 3 aliphatic rings. The summed E-state index contributed by atoms with van der Waals surface area (Å²) < 4.78 is 0. The molecule has 0 atom stereocenters. The molecule has 9 aromatic carbocycles. The van der Waals surface area contributed by atoms with Crippen molar-refractivity contribution in [3.8, 4) is 44.5 Å². The van der Waals surface area contributed by atoms with Gasteiger partial charge in [-0.05, 0) is 154 Å². The summed E-state index contributed by atoms with van der Waals surface area (Å²) >= 11 is 0. The molecule has 0 aliphatic heterocycles. The number of benzene rings is 9. The first-order valence-corrected chi connectivity index (χ1v) is 26.8. The smallest absolute Gasteiger partial charge is 0.0726 e. The molecule has 0 unspecified atom stereocenters. The van der Waals surface area contributed by atoms with Crippen molar-refractivity contribution in [3.05, 3.63) is 233 Å². The first kappa shape index (κ1) is 46.1. The Bertz CT molecular complexity index is 3490. The molecule has 12 rings (SSSR count). The lowest BCUT2D eigenvalue weighted by Crippen LogP contribution is -2.27. The minimum Gasteiger partial charge on any atom is -0.309 e. The van der Waals surface area contributed by atoms with Crippen molar-refractivity contribution in [2.24, 2.45) is 0 Å². The predicted octanol–water partition coefficient (Wildman–Crippen LogP) is 19.9. The van der Waals surface area contributed by atoms with Gasteiger partial charge in [0.05, 0.1) is 16.8 Å². The first-order chi connectivity index (χ1) is 34.6. The minimum atomic E-state index is -0.538. The number of anilines is 3. The van der Waals surface area contributed by atoms with Gasteiger partial charge in [0.1, 0.15) is 0 Å². The quantitative estimate of drug-likeness (QED) is 0.161. The Morgan fingerprint density at radius 2 is 0.875 bits per heavy atom. The van der Waals surface area contributed by atoms with Gasteiger partial charge in [-0.15, -0.1) is 0 Å². The van der Waals surface area contributed by atoms with Crippen molar-refractivity contribution >= 4 is 27.8 Å². The van der Waals surface area contributed by atoms with Crippen LogP contribution in [-0.4, -0.2) is 0 Å². The van der Waals surface area contributed by atoms with Crippen LogP contribution in [0.4, 0.5) is 17.1 Å². The monoisotopic (exact) mass is 936 g/mol. The Kier molecular flexibility index (Phi) is 10.9. The van der Waals surface area contributed by atoms with Crippen LogP contribution in [0.3, 0.4) is 0 Å². The van der Waals surface area contributed by atoms with Crippen molar-refractivity contribution in [1.82, 2.24) is 0 Å². The van der Waals surface area contributed by atoms with Gasteiger partial charge >= 0.3 is 0 Å². The van der Waals surface area contributed by atoms with E-state index >= 15 is 0 Å². The maximum atomic E-state index is 2.62. The molecule has 0 heterocycles. The Morgan fingerprint density at radius 3 is 1.53 bits per heavy atom. The van der Waals surface area contributed by atoms with Gasteiger partial charge in [0.15, 0.2) is 0 Å². The molecule has 0 radical (unpaired) electrons. The SMILES string of the molecule is CC(C)(C)c1ccc(N(c2ccc3c(c2)C2(c4ccccc4-3)c3cc(C(C)(C)C)ccc3-c3ccc(C(C)(C)C)cc32)c2ccccc2-c2cccc3cccc(C4CCCCC4)c23)c(-c2ccccc2)c1. The number of hydrogen-bond acceptors (Lipinski definition) is 1. The van der Waals surface area contributed by atoms with Gasteiger partial charge in [-0.3, -0.25) is 0 Å². The largest absolute Gasteiger partial charge is 0.309 e. The number of fused-ring (bicyclic) bond motifs is 11. The fourth-order valence-electron chi connectivity index (χ4n) is 12.9. The molecule has 1 nitrogen and oxygen atoms in total. The van der Waals surface area contributed by atoms with E-state index < -0.39 is 5.41 Å². The van der Waals surface area contributed by atoms with Gasteiger partial charge in [-0.2, -0.15) is 0 Å². The summed E-state index contributed by atoms with van der Waals surface area (Å²) in [7, 11) is 0. The van der Waals surface area contributed by atoms with Gasteiger partial charge in [0.25, 0.3) is 0 Å². The van der Waals surface area contributed by atoms with Crippen molar-refractivity contribution in [2.45, 2.75) is 122 Å². The molecule has 0 saturated heterocycles. The third-order valence-electron chi connectivity index (χ3n) is 16.8. The summed E-state index contributed by atoms with van der Waals surface area (Å²) in [6.45, 7) is 21.1. The van der Waals surface area contributed by atoms with Crippen LogP contribution in [-0.2, 0) is 21.7 Å². The predicted molar refractivity (Wildman–Crippen MR) is 308 cm³/mol. The van der Waals surface area contributed by atoms with Crippen molar-refractivity contribution in [3.63, 3.8) is 0 Å². The average molecular weight is 936 g/mol. The molecular weight excluding hydrogens is 867 g/mol. The molecule has 1 heteroatoms. The summed E-state index contributed by atoms with van der Waals surface area (Å²) in [6.07, 6.45) is 6.44. The Morgan fingerprint density at radius 1 is 0.375 bits per heavy atom. The highest BCUT2D eigenvalue weighted by molar-refractivity contribution is 6.05. The molecule has 1 saturated carbocycles. The molecule has 1 spiro atoms. The Balaban J connectivity index is 1.18. The lowest BCUT2D eigenvalue weighted by atomic mass is 9.68. The van der Waals surface area contributed by atoms with Gasteiger partial charge in [0.2, 0.25) is 0 Å². The Hall–Kier alpha value is -6.96. The van der Waals surface area contributed by atoms with Crippen LogP contribution in [0.1, 0.15) is 145 Å². The zero-order valence-corrected chi connectivity index (χ0v) is 44.0. The summed E-state index contributed by atoms with van der Waals surface area (Å²) in [6, 6.07) is 73.2. The standard InChI is InChI=1S/C71H69N/c1-68(2,3)49-36-41-66(60(42-49)47-24-14-11-15-25-47)72(65-33-19-17-29-58(65)59-31-21-27-48-26-20-30-53(67(48)59)46-22-12-10-13-23-46)52-37-40-57-54-28-16-18-32-61(54)71(64(57)45-52)62-43-50(69(4,5)6)34-38-55(62)56-39-35-51(44-63(56)71)70(7,8)9/h11,14-21,24-46H,10,12-13,22-23H2,1-9H3. The second-order valence-electron chi connectivity index (χ2n) is 24.3. The zero-order chi connectivity index (χ0) is 49.7. The summed E-state index contributed by atoms with van der Waals surface area (Å²) in [5.41, 5.74) is 24.1. The average Bonchev–Trinajstić information content (AvgIpc) is 3.85. The van der Waals surface area contributed by atoms with Crippen molar-refractivity contribution < 1.29 is 0 Å². The number of nitrogens with zero attached hydrogens (tertiary/aromatic N) is 1. The number of para-hydroxylation sites is 1. The van der Waals surface area contributed by atoms with Gasteiger partial charge in [-0.25, -0.2) is 0 Å². The number of rotatable bonds is 6. The highest BCUT2D eigenvalue weighted by Gasteiger charge is 2.52. The van der Waals surface area contributed by atoms with Gasteiger partial charge < -0.3 is 4.90 Å². The fraction of sp³-hybridized carbons (Fsp3) is 0.268. The van der Waals surface area contributed by atoms with Crippen molar-refractivity contribution in [2.75, 3.05) is 4.90 Å². The van der Waals surface area contributed by atoms with E-state index in [1.807, 2.05) is 0 Å². The Labute approximate surface area is 429 Å². The molecule has 0 N–H and O–H groups in total. The second-order valence-corrected chi connectivity index (χ2v) is 24.3. The van der Waals surface area contributed by atoms with Crippen LogP contribution in [0.15, 0.2) is 188 Å². The highest BCUT2D eigenvalue weighted by atomic mass is 15.1. The van der Waals surface area contributed by atoms with E-state index in [4.69, 9.17) is 0 Å². The lowest BCUT2D eigenvalue weighted by Gasteiger charge is -2.35. The van der Waals surface area contributed by atoms with Crippen LogP contribution in [0.5, 0.6) is 0 Å². The normalized spacial score (nSPS) is 15.1. The third kappa shape index (κ3) is 7.40. The third-order valence-corrected chi connectivity index (χ3v) is 16.8. The second kappa shape index (κ2) is 17.1. The molecule has 0 amide bonds. The van der Waals surface area contributed by atoms with E-state index in [-0.39, 0.29) is 16.2 Å². The highest BCUT2D eigenvalue weighted by Crippen LogP contribution is 2.64. The minimum absolute atomic E-state index is 0.0314. The van der Waals surface area contributed by atoms with Crippen LogP contribution in [0.2, 0.25) is 0 Å². The van der Waals surface area contributed by atoms with E-state index in [0.29, 0.717) is 5.92 Å². The molecule has 0 aromatic heterocycles. The van der Waals surface area contributed by atoms with E-state index in [1.165, 1.54) is 138 Å². The first-order valence-electron chi connectivity index (χ1n) is 26.8. The summed E-state index contributed by atoms with van der Waals surface area (Å²) in [4.78, 5) is 2.62. The fourth-order valence-corrected chi connectivity index (χ4v) is 12.9. The van der Waals surface area contributed by atoms with E-state index in [2.05, 4.69) is 255 Å². The molecule has 1 fully saturated rings. The summed E-state index contributed by atoms with van der Waals surface area (Å²) in [5, 5.41) is 2.72. The van der Waals surface area contributed by atoms with Crippen LogP contribution < -0.4 is 4.90 Å². The van der Waals surface area contributed by atoms with Gasteiger partial charge in [0, 0.05) is 16.8 Å². The maximum Gasteiger partial charge on any atom is 0.0726 e.